The molecule has 0 aliphatic carbocycles. The first-order chi connectivity index (χ1) is 8.75. The van der Waals surface area contributed by atoms with Crippen molar-refractivity contribution < 1.29 is 4.79 Å². The Bertz CT molecular complexity index is 590. The maximum atomic E-state index is 12.4. The van der Waals surface area contributed by atoms with Crippen molar-refractivity contribution in [2.75, 3.05) is 11.4 Å². The lowest BCUT2D eigenvalue weighted by Gasteiger charge is -2.28. The average molecular weight is 242 g/mol. The van der Waals surface area contributed by atoms with E-state index in [9.17, 15) is 4.79 Å². The molecule has 1 aromatic carbocycles. The number of nitrogens with one attached hydrogen (secondary N) is 1. The molecule has 18 heavy (non-hydrogen) atoms. The predicted octanol–water partition coefficient (Wildman–Crippen LogP) is 1.71. The van der Waals surface area contributed by atoms with Crippen LogP contribution in [0.25, 0.3) is 0 Å². The van der Waals surface area contributed by atoms with Gasteiger partial charge in [-0.1, -0.05) is 18.2 Å². The molecule has 2 heterocycles. The maximum Gasteiger partial charge on any atom is 0.297 e. The minimum atomic E-state index is -0.133. The molecule has 2 aromatic rings. The zero-order chi connectivity index (χ0) is 12.5. The third-order valence-corrected chi connectivity index (χ3v) is 3.14. The van der Waals surface area contributed by atoms with Crippen molar-refractivity contribution in [1.29, 1.82) is 0 Å². The smallest absolute Gasteiger partial charge is 0.297 e. The maximum absolute atomic E-state index is 12.4. The minimum Gasteiger partial charge on any atom is -0.305 e. The van der Waals surface area contributed by atoms with E-state index in [-0.39, 0.29) is 11.7 Å². The quantitative estimate of drug-likeness (QED) is 0.828. The minimum absolute atomic E-state index is 0.133. The molecule has 5 nitrogen and oxygen atoms in total. The van der Waals surface area contributed by atoms with E-state index < -0.39 is 0 Å². The third kappa shape index (κ3) is 1.77. The Balaban J connectivity index is 1.96. The standard InChI is InChI=1S/C13H14N4O/c1-9-14-12(16-15-9)13(18)17-8-4-6-10-5-2-3-7-11(10)17/h2-3,5,7H,4,6,8H2,1H3,(H,14,15,16). The summed E-state index contributed by atoms with van der Waals surface area (Å²) in [4.78, 5) is 18.2. The van der Waals surface area contributed by atoms with Crippen molar-refractivity contribution >= 4 is 11.6 Å². The van der Waals surface area contributed by atoms with Gasteiger partial charge in [0.25, 0.3) is 5.91 Å². The molecular formula is C13H14N4O. The molecule has 0 fully saturated rings. The number of hydrogen-bond acceptors (Lipinski definition) is 3. The highest BCUT2D eigenvalue weighted by molar-refractivity contribution is 6.04. The summed E-state index contributed by atoms with van der Waals surface area (Å²) in [6.45, 7) is 2.51. The van der Waals surface area contributed by atoms with Crippen LogP contribution < -0.4 is 4.90 Å². The Kier molecular flexibility index (Phi) is 2.59. The van der Waals surface area contributed by atoms with E-state index >= 15 is 0 Å². The Morgan fingerprint density at radius 2 is 2.22 bits per heavy atom. The molecule has 5 heteroatoms. The number of para-hydroxylation sites is 1. The van der Waals surface area contributed by atoms with E-state index in [1.165, 1.54) is 5.56 Å². The fraction of sp³-hybridized carbons (Fsp3) is 0.308. The molecule has 3 rings (SSSR count). The number of anilines is 1. The number of nitrogens with zero attached hydrogens (tertiary/aromatic N) is 3. The first kappa shape index (κ1) is 11.0. The second-order valence-corrected chi connectivity index (χ2v) is 4.43. The normalized spacial score (nSPS) is 14.4. The Morgan fingerprint density at radius 3 is 3.00 bits per heavy atom. The van der Waals surface area contributed by atoms with E-state index in [1.54, 1.807) is 11.8 Å². The van der Waals surface area contributed by atoms with E-state index in [1.807, 2.05) is 18.2 Å². The molecule has 1 aliphatic heterocycles. The summed E-state index contributed by atoms with van der Waals surface area (Å²) in [5, 5.41) is 6.64. The van der Waals surface area contributed by atoms with Crippen LogP contribution in [0.2, 0.25) is 0 Å². The van der Waals surface area contributed by atoms with Crippen LogP contribution in [0.1, 0.15) is 28.4 Å². The van der Waals surface area contributed by atoms with Crippen LogP contribution in [0.3, 0.4) is 0 Å². The summed E-state index contributed by atoms with van der Waals surface area (Å²) in [5.74, 6) is 0.763. The molecule has 92 valence electrons. The van der Waals surface area contributed by atoms with Gasteiger partial charge in [-0.25, -0.2) is 4.98 Å². The number of amides is 1. The molecule has 1 amide bonds. The van der Waals surface area contributed by atoms with Crippen molar-refractivity contribution in [1.82, 2.24) is 15.2 Å². The molecule has 0 spiro atoms. The molecule has 0 bridgehead atoms. The number of aromatic nitrogens is 3. The molecule has 1 aliphatic rings. The van der Waals surface area contributed by atoms with Gasteiger partial charge in [-0.05, 0) is 31.4 Å². The molecular weight excluding hydrogens is 228 g/mol. The molecule has 0 saturated carbocycles. The van der Waals surface area contributed by atoms with E-state index in [4.69, 9.17) is 0 Å². The summed E-state index contributed by atoms with van der Waals surface area (Å²) < 4.78 is 0. The van der Waals surface area contributed by atoms with E-state index in [2.05, 4.69) is 21.2 Å². The van der Waals surface area contributed by atoms with Crippen molar-refractivity contribution in [2.24, 2.45) is 0 Å². The van der Waals surface area contributed by atoms with Crippen molar-refractivity contribution in [3.63, 3.8) is 0 Å². The zero-order valence-corrected chi connectivity index (χ0v) is 10.2. The third-order valence-electron chi connectivity index (χ3n) is 3.14. The van der Waals surface area contributed by atoms with Gasteiger partial charge in [0.2, 0.25) is 5.82 Å². The topological polar surface area (TPSA) is 61.9 Å². The molecule has 0 atom stereocenters. The lowest BCUT2D eigenvalue weighted by molar-refractivity contribution is 0.0975. The van der Waals surface area contributed by atoms with Crippen LogP contribution in [-0.4, -0.2) is 27.6 Å². The van der Waals surface area contributed by atoms with Gasteiger partial charge in [0.15, 0.2) is 0 Å². The average Bonchev–Trinajstić information content (AvgIpc) is 2.84. The second-order valence-electron chi connectivity index (χ2n) is 4.43. The second kappa shape index (κ2) is 4.25. The number of carbonyl (C=O) groups is 1. The van der Waals surface area contributed by atoms with Gasteiger partial charge in [-0.3, -0.25) is 9.89 Å². The van der Waals surface area contributed by atoms with Gasteiger partial charge in [0.05, 0.1) is 0 Å². The number of aryl methyl sites for hydroxylation is 2. The Hall–Kier alpha value is -2.17. The first-order valence-electron chi connectivity index (χ1n) is 6.04. The molecule has 1 aromatic heterocycles. The highest BCUT2D eigenvalue weighted by Crippen LogP contribution is 2.27. The molecule has 1 N–H and O–H groups in total. The zero-order valence-electron chi connectivity index (χ0n) is 10.2. The van der Waals surface area contributed by atoms with Gasteiger partial charge in [-0.15, -0.1) is 5.10 Å². The SMILES string of the molecule is Cc1nc(C(=O)N2CCCc3ccccc32)n[nH]1. The van der Waals surface area contributed by atoms with Crippen molar-refractivity contribution in [3.05, 3.63) is 41.5 Å². The molecule has 0 radical (unpaired) electrons. The highest BCUT2D eigenvalue weighted by atomic mass is 16.2. The largest absolute Gasteiger partial charge is 0.305 e. The number of aromatic amines is 1. The lowest BCUT2D eigenvalue weighted by atomic mass is 10.0. The number of hydrogen-bond donors (Lipinski definition) is 1. The van der Waals surface area contributed by atoms with Crippen molar-refractivity contribution in [2.45, 2.75) is 19.8 Å². The molecule has 0 saturated heterocycles. The first-order valence-corrected chi connectivity index (χ1v) is 6.04. The van der Waals surface area contributed by atoms with Gasteiger partial charge in [0, 0.05) is 12.2 Å². The summed E-state index contributed by atoms with van der Waals surface area (Å²) in [6, 6.07) is 8.00. The molecule has 0 unspecified atom stereocenters. The fourth-order valence-electron chi connectivity index (χ4n) is 2.30. The predicted molar refractivity (Wildman–Crippen MR) is 67.6 cm³/mol. The van der Waals surface area contributed by atoms with Crippen LogP contribution >= 0.6 is 0 Å². The van der Waals surface area contributed by atoms with Crippen LogP contribution in [0, 0.1) is 6.92 Å². The lowest BCUT2D eigenvalue weighted by Crippen LogP contribution is -2.36. The van der Waals surface area contributed by atoms with Crippen LogP contribution in [0.15, 0.2) is 24.3 Å². The number of rotatable bonds is 1. The Labute approximate surface area is 105 Å². The monoisotopic (exact) mass is 242 g/mol. The van der Waals surface area contributed by atoms with Crippen LogP contribution in [-0.2, 0) is 6.42 Å². The summed E-state index contributed by atoms with van der Waals surface area (Å²) in [6.07, 6.45) is 2.00. The summed E-state index contributed by atoms with van der Waals surface area (Å²) in [7, 11) is 0. The number of fused-ring (bicyclic) bond motifs is 1. The van der Waals surface area contributed by atoms with Gasteiger partial charge < -0.3 is 4.90 Å². The number of H-pyrrole nitrogens is 1. The van der Waals surface area contributed by atoms with Gasteiger partial charge in [-0.2, -0.15) is 0 Å². The number of benzene rings is 1. The van der Waals surface area contributed by atoms with Crippen molar-refractivity contribution in [3.8, 4) is 0 Å². The van der Waals surface area contributed by atoms with Crippen LogP contribution in [0.5, 0.6) is 0 Å². The van der Waals surface area contributed by atoms with Gasteiger partial charge in [0.1, 0.15) is 5.82 Å². The Morgan fingerprint density at radius 1 is 1.39 bits per heavy atom. The van der Waals surface area contributed by atoms with Crippen LogP contribution in [0.4, 0.5) is 5.69 Å². The van der Waals surface area contributed by atoms with Gasteiger partial charge >= 0.3 is 0 Å². The van der Waals surface area contributed by atoms with E-state index in [0.717, 1.165) is 25.1 Å². The summed E-state index contributed by atoms with van der Waals surface area (Å²) in [5.41, 5.74) is 2.19. The highest BCUT2D eigenvalue weighted by Gasteiger charge is 2.25. The summed E-state index contributed by atoms with van der Waals surface area (Å²) >= 11 is 0. The number of carbonyl (C=O) groups excluding carboxylic acids is 1. The fourth-order valence-corrected chi connectivity index (χ4v) is 2.30. The van der Waals surface area contributed by atoms with E-state index in [0.29, 0.717) is 5.82 Å².